The van der Waals surface area contributed by atoms with Gasteiger partial charge in [0.15, 0.2) is 0 Å². The Kier molecular flexibility index (Phi) is 5.34. The summed E-state index contributed by atoms with van der Waals surface area (Å²) in [6, 6.07) is 15.6. The molecule has 0 atom stereocenters. The van der Waals surface area contributed by atoms with Gasteiger partial charge in [-0.1, -0.05) is 47.3 Å². The van der Waals surface area contributed by atoms with Crippen LogP contribution in [0.3, 0.4) is 0 Å². The normalized spacial score (nSPS) is 10.9. The zero-order valence-electron chi connectivity index (χ0n) is 15.4. The lowest BCUT2D eigenvalue weighted by Gasteiger charge is -2.06. The average molecular weight is 394 g/mol. The molecule has 0 unspecified atom stereocenters. The molecule has 0 spiro atoms. The fourth-order valence-electron chi connectivity index (χ4n) is 2.70. The number of tetrazole rings is 1. The predicted molar refractivity (Wildman–Crippen MR) is 104 cm³/mol. The predicted octanol–water partition coefficient (Wildman–Crippen LogP) is 3.71. The van der Waals surface area contributed by atoms with E-state index in [1.54, 1.807) is 4.68 Å². The van der Waals surface area contributed by atoms with Crippen molar-refractivity contribution in [3.8, 4) is 22.8 Å². The maximum absolute atomic E-state index is 5.64. The minimum absolute atomic E-state index is 0.454. The summed E-state index contributed by atoms with van der Waals surface area (Å²) in [4.78, 5) is 4.49. The fourth-order valence-corrected chi connectivity index (χ4v) is 3.42. The molecule has 0 aliphatic carbocycles. The Hall–Kier alpha value is -3.20. The molecule has 2 heterocycles. The van der Waals surface area contributed by atoms with Crippen molar-refractivity contribution in [3.63, 3.8) is 0 Å². The van der Waals surface area contributed by atoms with Gasteiger partial charge in [-0.2, -0.15) is 9.67 Å². The van der Waals surface area contributed by atoms with Crippen LogP contribution in [0, 0.1) is 6.92 Å². The van der Waals surface area contributed by atoms with Crippen LogP contribution in [-0.4, -0.2) is 37.0 Å². The van der Waals surface area contributed by atoms with Crippen molar-refractivity contribution in [2.45, 2.75) is 24.8 Å². The molecule has 0 saturated heterocycles. The lowest BCUT2D eigenvalue weighted by atomic mass is 10.2. The molecule has 4 aromatic rings. The van der Waals surface area contributed by atoms with E-state index in [1.807, 2.05) is 62.4 Å². The van der Waals surface area contributed by atoms with E-state index >= 15 is 0 Å². The highest BCUT2D eigenvalue weighted by atomic mass is 32.2. The van der Waals surface area contributed by atoms with Crippen molar-refractivity contribution in [2.75, 3.05) is 6.61 Å². The Morgan fingerprint density at radius 2 is 1.93 bits per heavy atom. The van der Waals surface area contributed by atoms with Gasteiger partial charge in [0.25, 0.3) is 0 Å². The van der Waals surface area contributed by atoms with E-state index in [-0.39, 0.29) is 0 Å². The second kappa shape index (κ2) is 8.22. The van der Waals surface area contributed by atoms with Gasteiger partial charge in [-0.3, -0.25) is 0 Å². The topological polar surface area (TPSA) is 91.8 Å². The Morgan fingerprint density at radius 1 is 1.11 bits per heavy atom. The van der Waals surface area contributed by atoms with Crippen LogP contribution in [-0.2, 0) is 5.75 Å². The van der Waals surface area contributed by atoms with Gasteiger partial charge in [0, 0.05) is 0 Å². The quantitative estimate of drug-likeness (QED) is 0.438. The summed E-state index contributed by atoms with van der Waals surface area (Å²) in [5.41, 5.74) is 2.82. The molecule has 0 radical (unpaired) electrons. The molecule has 0 amide bonds. The van der Waals surface area contributed by atoms with Gasteiger partial charge in [0.1, 0.15) is 5.75 Å². The smallest absolute Gasteiger partial charge is 0.237 e. The zero-order valence-corrected chi connectivity index (χ0v) is 16.3. The number of para-hydroxylation sites is 2. The molecule has 4 rings (SSSR count). The highest BCUT2D eigenvalue weighted by Crippen LogP contribution is 2.29. The van der Waals surface area contributed by atoms with E-state index in [9.17, 15) is 0 Å². The molecular formula is C19H18N6O2S. The van der Waals surface area contributed by atoms with Gasteiger partial charge in [-0.15, -0.1) is 5.10 Å². The van der Waals surface area contributed by atoms with E-state index in [0.717, 1.165) is 22.6 Å². The van der Waals surface area contributed by atoms with Crippen molar-refractivity contribution in [3.05, 3.63) is 60.0 Å². The van der Waals surface area contributed by atoms with Crippen LogP contribution in [0.15, 0.2) is 58.2 Å². The van der Waals surface area contributed by atoms with Crippen LogP contribution >= 0.6 is 11.8 Å². The summed E-state index contributed by atoms with van der Waals surface area (Å²) >= 11 is 1.43. The van der Waals surface area contributed by atoms with Gasteiger partial charge in [-0.25, -0.2) is 0 Å². The van der Waals surface area contributed by atoms with Crippen molar-refractivity contribution in [2.24, 2.45) is 0 Å². The monoisotopic (exact) mass is 394 g/mol. The first-order valence-corrected chi connectivity index (χ1v) is 9.76. The first-order chi connectivity index (χ1) is 13.8. The van der Waals surface area contributed by atoms with Gasteiger partial charge in [0.05, 0.1) is 23.6 Å². The average Bonchev–Trinajstić information content (AvgIpc) is 3.37. The van der Waals surface area contributed by atoms with Crippen molar-refractivity contribution >= 4 is 11.8 Å². The maximum Gasteiger partial charge on any atom is 0.237 e. The summed E-state index contributed by atoms with van der Waals surface area (Å²) < 4.78 is 12.8. The number of aryl methyl sites for hydroxylation is 1. The molecule has 2 aromatic carbocycles. The second-order valence-electron chi connectivity index (χ2n) is 5.89. The van der Waals surface area contributed by atoms with E-state index in [2.05, 4.69) is 25.7 Å². The molecule has 9 heteroatoms. The molecule has 2 aromatic heterocycles. The first-order valence-electron chi connectivity index (χ1n) is 8.78. The molecule has 0 saturated carbocycles. The molecule has 0 fully saturated rings. The highest BCUT2D eigenvalue weighted by Gasteiger charge is 2.16. The Balaban J connectivity index is 1.51. The van der Waals surface area contributed by atoms with Crippen LogP contribution in [0.25, 0.3) is 17.1 Å². The molecular weight excluding hydrogens is 376 g/mol. The zero-order chi connectivity index (χ0) is 19.3. The number of aromatic nitrogens is 6. The third-order valence-electron chi connectivity index (χ3n) is 4.01. The number of hydrogen-bond acceptors (Lipinski definition) is 8. The van der Waals surface area contributed by atoms with Gasteiger partial charge in [0.2, 0.25) is 16.9 Å². The van der Waals surface area contributed by atoms with Crippen LogP contribution in [0.5, 0.6) is 5.75 Å². The van der Waals surface area contributed by atoms with Gasteiger partial charge >= 0.3 is 0 Å². The van der Waals surface area contributed by atoms with Crippen molar-refractivity contribution in [1.82, 2.24) is 30.3 Å². The van der Waals surface area contributed by atoms with Gasteiger partial charge in [-0.05, 0) is 48.0 Å². The summed E-state index contributed by atoms with van der Waals surface area (Å²) in [5.74, 6) is 2.17. The maximum atomic E-state index is 5.64. The molecule has 0 aliphatic heterocycles. The van der Waals surface area contributed by atoms with Crippen molar-refractivity contribution < 1.29 is 9.26 Å². The SMILES string of the molecule is CCOc1ccccc1-c1noc(CSc2nnnn2-c2ccccc2C)n1. The number of thioether (sulfide) groups is 1. The van der Waals surface area contributed by atoms with Gasteiger partial charge < -0.3 is 9.26 Å². The number of hydrogen-bond donors (Lipinski definition) is 0. The summed E-state index contributed by atoms with van der Waals surface area (Å²) in [7, 11) is 0. The van der Waals surface area contributed by atoms with E-state index in [4.69, 9.17) is 9.26 Å². The molecule has 28 heavy (non-hydrogen) atoms. The first kappa shape index (κ1) is 18.2. The third-order valence-corrected chi connectivity index (χ3v) is 4.91. The number of rotatable bonds is 7. The largest absolute Gasteiger partial charge is 0.493 e. The fraction of sp³-hybridized carbons (Fsp3) is 0.211. The lowest BCUT2D eigenvalue weighted by Crippen LogP contribution is -2.01. The summed E-state index contributed by atoms with van der Waals surface area (Å²) in [5, 5.41) is 16.7. The summed E-state index contributed by atoms with van der Waals surface area (Å²) in [6.07, 6.45) is 0. The van der Waals surface area contributed by atoms with E-state index < -0.39 is 0 Å². The van der Waals surface area contributed by atoms with Crippen LogP contribution in [0.1, 0.15) is 18.4 Å². The lowest BCUT2D eigenvalue weighted by molar-refractivity contribution is 0.341. The number of benzene rings is 2. The molecule has 142 valence electrons. The Morgan fingerprint density at radius 3 is 2.79 bits per heavy atom. The third kappa shape index (κ3) is 3.74. The van der Waals surface area contributed by atoms with E-state index in [1.165, 1.54) is 11.8 Å². The highest BCUT2D eigenvalue weighted by molar-refractivity contribution is 7.98. The van der Waals surface area contributed by atoms with Crippen molar-refractivity contribution in [1.29, 1.82) is 0 Å². The van der Waals surface area contributed by atoms with Crippen LogP contribution < -0.4 is 4.74 Å². The second-order valence-corrected chi connectivity index (χ2v) is 6.83. The number of nitrogens with zero attached hydrogens (tertiary/aromatic N) is 6. The Bertz CT molecular complexity index is 1080. The van der Waals surface area contributed by atoms with Crippen LogP contribution in [0.4, 0.5) is 0 Å². The van der Waals surface area contributed by atoms with E-state index in [0.29, 0.717) is 29.2 Å². The van der Waals surface area contributed by atoms with Crippen LogP contribution in [0.2, 0.25) is 0 Å². The molecule has 0 bridgehead atoms. The minimum Gasteiger partial charge on any atom is -0.493 e. The summed E-state index contributed by atoms with van der Waals surface area (Å²) in [6.45, 7) is 4.53. The Labute approximate surface area is 165 Å². The number of ether oxygens (including phenoxy) is 1. The minimum atomic E-state index is 0.454. The molecule has 0 N–H and O–H groups in total. The molecule has 8 nitrogen and oxygen atoms in total. The standard InChI is InChI=1S/C19H18N6O2S/c1-3-26-16-11-7-5-9-14(16)18-20-17(27-22-18)12-28-19-21-23-24-25(19)15-10-6-4-8-13(15)2/h4-11H,3,12H2,1-2H3. The molecule has 0 aliphatic rings.